The Kier molecular flexibility index (Phi) is 6.25. The molecule has 37 heavy (non-hydrogen) atoms. The fraction of sp³-hybridized carbons (Fsp3) is 0.385. The van der Waals surface area contributed by atoms with Crippen molar-refractivity contribution in [3.05, 3.63) is 48.7 Å². The van der Waals surface area contributed by atoms with Crippen LogP contribution in [0.25, 0.3) is 28.0 Å². The number of fused-ring (bicyclic) bond motifs is 1. The summed E-state index contributed by atoms with van der Waals surface area (Å²) in [5.74, 6) is 1.17. The Morgan fingerprint density at radius 1 is 1.19 bits per heavy atom. The number of carbonyl (C=O) groups excluding carboxylic acids is 1. The van der Waals surface area contributed by atoms with Gasteiger partial charge in [0.05, 0.1) is 30.0 Å². The number of hydrogen-bond acceptors (Lipinski definition) is 8. The van der Waals surface area contributed by atoms with Crippen molar-refractivity contribution in [3.63, 3.8) is 0 Å². The van der Waals surface area contributed by atoms with Crippen molar-refractivity contribution in [2.75, 3.05) is 24.5 Å². The van der Waals surface area contributed by atoms with Crippen molar-refractivity contribution in [1.29, 1.82) is 5.26 Å². The van der Waals surface area contributed by atoms with Crippen molar-refractivity contribution in [2.45, 2.75) is 32.8 Å². The van der Waals surface area contributed by atoms with E-state index in [4.69, 9.17) is 14.7 Å². The normalized spacial score (nSPS) is 15.6. The fourth-order valence-corrected chi connectivity index (χ4v) is 4.45. The summed E-state index contributed by atoms with van der Waals surface area (Å²) in [6.07, 6.45) is 9.32. The van der Waals surface area contributed by atoms with Gasteiger partial charge in [0.25, 0.3) is 0 Å². The molecule has 0 saturated carbocycles. The molecule has 190 valence electrons. The van der Waals surface area contributed by atoms with E-state index in [2.05, 4.69) is 26.5 Å². The highest BCUT2D eigenvalue weighted by Crippen LogP contribution is 2.30. The van der Waals surface area contributed by atoms with Gasteiger partial charge in [-0.3, -0.25) is 4.68 Å². The van der Waals surface area contributed by atoms with E-state index in [1.165, 1.54) is 0 Å². The van der Waals surface area contributed by atoms with E-state index in [9.17, 15) is 10.1 Å². The number of hydrogen-bond donors (Lipinski definition) is 1. The summed E-state index contributed by atoms with van der Waals surface area (Å²) >= 11 is 0. The third kappa shape index (κ3) is 5.23. The third-order valence-corrected chi connectivity index (χ3v) is 6.18. The molecule has 1 amide bonds. The number of nitrogens with one attached hydrogen (secondary N) is 1. The van der Waals surface area contributed by atoms with E-state index < -0.39 is 11.7 Å². The van der Waals surface area contributed by atoms with Crippen LogP contribution in [0.2, 0.25) is 0 Å². The van der Waals surface area contributed by atoms with Crippen molar-refractivity contribution >= 4 is 17.4 Å². The minimum absolute atomic E-state index is 0.316. The first-order chi connectivity index (χ1) is 17.7. The summed E-state index contributed by atoms with van der Waals surface area (Å²) < 4.78 is 8.73. The number of aromatic nitrogens is 6. The summed E-state index contributed by atoms with van der Waals surface area (Å²) in [4.78, 5) is 23.8. The second kappa shape index (κ2) is 9.54. The van der Waals surface area contributed by atoms with Gasteiger partial charge in [-0.25, -0.2) is 19.3 Å². The largest absolute Gasteiger partial charge is 0.444 e. The van der Waals surface area contributed by atoms with Gasteiger partial charge in [-0.15, -0.1) is 0 Å². The molecule has 0 spiro atoms. The van der Waals surface area contributed by atoms with E-state index in [-0.39, 0.29) is 0 Å². The maximum Gasteiger partial charge on any atom is 0.407 e. The smallest absolute Gasteiger partial charge is 0.407 e. The Balaban J connectivity index is 1.35. The van der Waals surface area contributed by atoms with Gasteiger partial charge < -0.3 is 15.0 Å². The quantitative estimate of drug-likeness (QED) is 0.443. The Hall–Kier alpha value is -4.46. The zero-order valence-electron chi connectivity index (χ0n) is 21.3. The van der Waals surface area contributed by atoms with Crippen molar-refractivity contribution < 1.29 is 9.53 Å². The van der Waals surface area contributed by atoms with E-state index in [0.717, 1.165) is 36.5 Å². The predicted octanol–water partition coefficient (Wildman–Crippen LogP) is 3.41. The van der Waals surface area contributed by atoms with Gasteiger partial charge in [0, 0.05) is 50.2 Å². The Morgan fingerprint density at radius 3 is 2.70 bits per heavy atom. The molecule has 11 nitrogen and oxygen atoms in total. The van der Waals surface area contributed by atoms with Crippen LogP contribution in [0.1, 0.15) is 32.8 Å². The van der Waals surface area contributed by atoms with Crippen LogP contribution in [0, 0.1) is 17.2 Å². The number of alkyl carbamates (subject to hydrolysis) is 1. The summed E-state index contributed by atoms with van der Waals surface area (Å²) in [5.41, 5.74) is 3.55. The van der Waals surface area contributed by atoms with Gasteiger partial charge >= 0.3 is 6.09 Å². The number of nitriles is 1. The first kappa shape index (κ1) is 24.2. The van der Waals surface area contributed by atoms with Crippen LogP contribution in [-0.2, 0) is 11.8 Å². The molecule has 5 heterocycles. The average Bonchev–Trinajstić information content (AvgIpc) is 3.61. The Bertz CT molecular complexity index is 1470. The number of aryl methyl sites for hydroxylation is 1. The van der Waals surface area contributed by atoms with Crippen LogP contribution in [0.3, 0.4) is 0 Å². The van der Waals surface area contributed by atoms with E-state index >= 15 is 0 Å². The second-order valence-corrected chi connectivity index (χ2v) is 10.2. The van der Waals surface area contributed by atoms with Crippen LogP contribution >= 0.6 is 0 Å². The number of rotatable bonds is 5. The van der Waals surface area contributed by atoms with Crippen LogP contribution in [0.4, 0.5) is 10.6 Å². The maximum absolute atomic E-state index is 12.0. The monoisotopic (exact) mass is 499 g/mol. The van der Waals surface area contributed by atoms with Gasteiger partial charge in [0.15, 0.2) is 0 Å². The molecular formula is C26H29N9O2. The fourth-order valence-electron chi connectivity index (χ4n) is 4.45. The predicted molar refractivity (Wildman–Crippen MR) is 138 cm³/mol. The van der Waals surface area contributed by atoms with Crippen molar-refractivity contribution in [1.82, 2.24) is 34.7 Å². The minimum atomic E-state index is -0.514. The highest BCUT2D eigenvalue weighted by atomic mass is 16.6. The minimum Gasteiger partial charge on any atom is -0.444 e. The number of anilines is 1. The van der Waals surface area contributed by atoms with E-state index in [0.29, 0.717) is 34.9 Å². The lowest BCUT2D eigenvalue weighted by Crippen LogP contribution is -2.36. The Morgan fingerprint density at radius 2 is 2.03 bits per heavy atom. The number of pyridine rings is 1. The zero-order chi connectivity index (χ0) is 26.2. The van der Waals surface area contributed by atoms with E-state index in [1.54, 1.807) is 34.0 Å². The molecule has 4 aromatic heterocycles. The molecule has 1 N–H and O–H groups in total. The highest BCUT2D eigenvalue weighted by Gasteiger charge is 2.25. The van der Waals surface area contributed by atoms with Crippen LogP contribution in [0.5, 0.6) is 0 Å². The lowest BCUT2D eigenvalue weighted by molar-refractivity contribution is 0.0520. The van der Waals surface area contributed by atoms with Gasteiger partial charge in [-0.1, -0.05) is 0 Å². The molecule has 1 aliphatic rings. The maximum atomic E-state index is 12.0. The number of ether oxygens (including phenoxy) is 1. The Labute approximate surface area is 214 Å². The molecule has 1 saturated heterocycles. The molecule has 1 aliphatic heterocycles. The molecule has 4 aromatic rings. The van der Waals surface area contributed by atoms with Crippen LogP contribution < -0.4 is 10.2 Å². The summed E-state index contributed by atoms with van der Waals surface area (Å²) in [7, 11) is 1.85. The molecule has 11 heteroatoms. The number of carbonyl (C=O) groups is 1. The SMILES string of the molecule is Cn1cc(-c2cn3ncc(C#N)c3c(-c3ccc(N4CC[C@H](CNC(=O)OC(C)(C)C)C4)nc3)n2)cn1. The van der Waals surface area contributed by atoms with Gasteiger partial charge in [0.1, 0.15) is 28.6 Å². The van der Waals surface area contributed by atoms with Crippen LogP contribution in [0.15, 0.2) is 43.1 Å². The first-order valence-corrected chi connectivity index (χ1v) is 12.2. The van der Waals surface area contributed by atoms with Crippen molar-refractivity contribution in [3.8, 4) is 28.6 Å². The molecule has 0 unspecified atom stereocenters. The van der Waals surface area contributed by atoms with E-state index in [1.807, 2.05) is 46.1 Å². The summed E-state index contributed by atoms with van der Waals surface area (Å²) in [5, 5.41) is 21.1. The second-order valence-electron chi connectivity index (χ2n) is 10.2. The molecule has 5 rings (SSSR count). The molecule has 0 aromatic carbocycles. The zero-order valence-corrected chi connectivity index (χ0v) is 21.3. The van der Waals surface area contributed by atoms with Gasteiger partial charge in [-0.05, 0) is 45.2 Å². The molecule has 0 aliphatic carbocycles. The molecule has 0 bridgehead atoms. The number of amides is 1. The first-order valence-electron chi connectivity index (χ1n) is 12.2. The summed E-state index contributed by atoms with van der Waals surface area (Å²) in [6.45, 7) is 7.76. The molecular weight excluding hydrogens is 470 g/mol. The number of nitrogens with zero attached hydrogens (tertiary/aromatic N) is 8. The third-order valence-electron chi connectivity index (χ3n) is 6.18. The topological polar surface area (TPSA) is 126 Å². The van der Waals surface area contributed by atoms with Crippen molar-refractivity contribution in [2.24, 2.45) is 13.0 Å². The van der Waals surface area contributed by atoms with Gasteiger partial charge in [-0.2, -0.15) is 15.5 Å². The molecule has 1 fully saturated rings. The standard InChI is InChI=1S/C26H29N9O2/c1-26(2,3)37-25(36)29-10-17-7-8-34(14-17)22-6-5-18(11-28-22)23-24-19(9-27)12-31-35(24)16-21(32-23)20-13-30-33(4)15-20/h5-6,11-13,15-17H,7-8,10,14H2,1-4H3,(H,29,36)/t17-/m1/s1. The average molecular weight is 500 g/mol. The molecule has 1 atom stereocenters. The lowest BCUT2D eigenvalue weighted by atomic mass is 10.1. The van der Waals surface area contributed by atoms with Gasteiger partial charge in [0.2, 0.25) is 0 Å². The molecule has 0 radical (unpaired) electrons. The summed E-state index contributed by atoms with van der Waals surface area (Å²) in [6, 6.07) is 6.15. The van der Waals surface area contributed by atoms with Crippen LogP contribution in [-0.4, -0.2) is 60.7 Å². The lowest BCUT2D eigenvalue weighted by Gasteiger charge is -2.21. The highest BCUT2D eigenvalue weighted by molar-refractivity contribution is 5.83.